The third-order valence-electron chi connectivity index (χ3n) is 3.60. The van der Waals surface area contributed by atoms with Crippen LogP contribution in [0, 0.1) is 10.1 Å². The first-order valence-corrected chi connectivity index (χ1v) is 7.21. The lowest BCUT2D eigenvalue weighted by Gasteiger charge is -2.18. The van der Waals surface area contributed by atoms with Crippen LogP contribution in [0.25, 0.3) is 10.9 Å². The molecule has 9 nitrogen and oxygen atoms in total. The second-order valence-electron chi connectivity index (χ2n) is 5.35. The fourth-order valence-electron chi connectivity index (χ4n) is 2.32. The summed E-state index contributed by atoms with van der Waals surface area (Å²) in [6.45, 7) is 1.53. The van der Waals surface area contributed by atoms with Gasteiger partial charge in [0.2, 0.25) is 5.91 Å². The first-order valence-electron chi connectivity index (χ1n) is 7.21. The molecule has 2 rings (SSSR count). The summed E-state index contributed by atoms with van der Waals surface area (Å²) in [6.07, 6.45) is -1.32. The average Bonchev–Trinajstić information content (AvgIpc) is 2.53. The molecule has 0 aliphatic rings. The van der Waals surface area contributed by atoms with Crippen LogP contribution in [0.15, 0.2) is 29.2 Å². The molecule has 0 aliphatic carbocycles. The predicted octanol–water partition coefficient (Wildman–Crippen LogP) is 0.357. The number of H-pyrrole nitrogens is 1. The van der Waals surface area contributed by atoms with Crippen molar-refractivity contribution in [1.29, 1.82) is 0 Å². The van der Waals surface area contributed by atoms with Gasteiger partial charge in [-0.3, -0.25) is 19.7 Å². The van der Waals surface area contributed by atoms with Crippen LogP contribution in [0.1, 0.15) is 25.0 Å². The molecule has 9 heteroatoms. The third kappa shape index (κ3) is 3.76. The molecule has 1 amide bonds. The van der Waals surface area contributed by atoms with Gasteiger partial charge in [-0.2, -0.15) is 0 Å². The molecule has 0 radical (unpaired) electrons. The van der Waals surface area contributed by atoms with Crippen LogP contribution < -0.4 is 10.7 Å². The molecule has 24 heavy (non-hydrogen) atoms. The summed E-state index contributed by atoms with van der Waals surface area (Å²) in [4.78, 5) is 35.6. The van der Waals surface area contributed by atoms with E-state index in [4.69, 9.17) is 0 Å². The first-order chi connectivity index (χ1) is 11.3. The van der Waals surface area contributed by atoms with Crippen LogP contribution in [0.5, 0.6) is 0 Å². The molecule has 4 N–H and O–H groups in total. The number of fused-ring (bicyclic) bond motifs is 1. The zero-order valence-electron chi connectivity index (χ0n) is 12.9. The average molecular weight is 335 g/mol. The molecule has 2 atom stereocenters. The molecule has 1 heterocycles. The van der Waals surface area contributed by atoms with E-state index in [9.17, 15) is 29.9 Å². The monoisotopic (exact) mass is 335 g/mol. The van der Waals surface area contributed by atoms with Crippen molar-refractivity contribution in [3.05, 3.63) is 50.3 Å². The Morgan fingerprint density at radius 2 is 2.12 bits per heavy atom. The number of carbonyl (C=O) groups excluding carboxylic acids is 1. The molecule has 1 aromatic carbocycles. The summed E-state index contributed by atoms with van der Waals surface area (Å²) in [7, 11) is 0. The van der Waals surface area contributed by atoms with Crippen LogP contribution in [0.2, 0.25) is 0 Å². The minimum absolute atomic E-state index is 0.0508. The van der Waals surface area contributed by atoms with Crippen molar-refractivity contribution in [3.63, 3.8) is 0 Å². The minimum atomic E-state index is -1.29. The Balaban J connectivity index is 2.28. The van der Waals surface area contributed by atoms with Crippen LogP contribution in [-0.2, 0) is 4.79 Å². The Morgan fingerprint density at radius 3 is 2.75 bits per heavy atom. The third-order valence-corrected chi connectivity index (χ3v) is 3.60. The second kappa shape index (κ2) is 7.20. The molecule has 0 saturated carbocycles. The lowest BCUT2D eigenvalue weighted by molar-refractivity contribution is -0.386. The number of nitrogens with one attached hydrogen (secondary N) is 2. The van der Waals surface area contributed by atoms with Gasteiger partial charge in [-0.25, -0.2) is 0 Å². The SMILES string of the molecule is CC(=O)NCCC(O)C(O)c1ccc2[nH]cc([N+](=O)[O-])c(=O)c2c1. The Morgan fingerprint density at radius 1 is 1.42 bits per heavy atom. The van der Waals surface area contributed by atoms with Crippen molar-refractivity contribution in [2.75, 3.05) is 6.54 Å². The fraction of sp³-hybridized carbons (Fsp3) is 0.333. The maximum absolute atomic E-state index is 12.1. The number of nitrogens with zero attached hydrogens (tertiary/aromatic N) is 1. The van der Waals surface area contributed by atoms with Gasteiger partial charge in [-0.15, -0.1) is 0 Å². The molecule has 0 bridgehead atoms. The van der Waals surface area contributed by atoms with E-state index in [0.29, 0.717) is 5.52 Å². The number of hydrogen-bond donors (Lipinski definition) is 4. The number of nitro groups is 1. The van der Waals surface area contributed by atoms with Gasteiger partial charge < -0.3 is 20.5 Å². The number of aromatic nitrogens is 1. The van der Waals surface area contributed by atoms with Gasteiger partial charge in [-0.1, -0.05) is 6.07 Å². The highest BCUT2D eigenvalue weighted by molar-refractivity contribution is 5.81. The topological polar surface area (TPSA) is 146 Å². The summed E-state index contributed by atoms with van der Waals surface area (Å²) < 4.78 is 0. The summed E-state index contributed by atoms with van der Waals surface area (Å²) in [5.41, 5.74) is -0.728. The van der Waals surface area contributed by atoms with Crippen molar-refractivity contribution < 1.29 is 19.9 Å². The highest BCUT2D eigenvalue weighted by Crippen LogP contribution is 2.22. The van der Waals surface area contributed by atoms with Gasteiger partial charge >= 0.3 is 5.69 Å². The highest BCUT2D eigenvalue weighted by atomic mass is 16.6. The molecular formula is C15H17N3O6. The molecule has 2 unspecified atom stereocenters. The normalized spacial score (nSPS) is 13.5. The Labute approximate surface area is 136 Å². The number of rotatable bonds is 6. The highest BCUT2D eigenvalue weighted by Gasteiger charge is 2.20. The lowest BCUT2D eigenvalue weighted by atomic mass is 10.00. The van der Waals surface area contributed by atoms with Crippen molar-refractivity contribution in [1.82, 2.24) is 10.3 Å². The van der Waals surface area contributed by atoms with Crippen LogP contribution in [-0.4, -0.2) is 38.7 Å². The minimum Gasteiger partial charge on any atom is -0.390 e. The van der Waals surface area contributed by atoms with Crippen molar-refractivity contribution in [3.8, 4) is 0 Å². The van der Waals surface area contributed by atoms with E-state index in [0.717, 1.165) is 6.20 Å². The van der Waals surface area contributed by atoms with Crippen molar-refractivity contribution in [2.45, 2.75) is 25.6 Å². The van der Waals surface area contributed by atoms with E-state index >= 15 is 0 Å². The maximum Gasteiger partial charge on any atom is 0.332 e. The van der Waals surface area contributed by atoms with Crippen LogP contribution >= 0.6 is 0 Å². The van der Waals surface area contributed by atoms with E-state index < -0.39 is 28.2 Å². The van der Waals surface area contributed by atoms with Gasteiger partial charge in [0.1, 0.15) is 6.10 Å². The molecule has 0 saturated heterocycles. The van der Waals surface area contributed by atoms with Crippen molar-refractivity contribution >= 4 is 22.5 Å². The number of pyridine rings is 1. The van der Waals surface area contributed by atoms with E-state index in [-0.39, 0.29) is 29.8 Å². The maximum atomic E-state index is 12.1. The quantitative estimate of drug-likeness (QED) is 0.443. The number of carbonyl (C=O) groups is 1. The molecular weight excluding hydrogens is 318 g/mol. The van der Waals surface area contributed by atoms with Gasteiger partial charge in [0, 0.05) is 19.0 Å². The predicted molar refractivity (Wildman–Crippen MR) is 85.5 cm³/mol. The molecule has 128 valence electrons. The molecule has 0 aliphatic heterocycles. The largest absolute Gasteiger partial charge is 0.390 e. The fourth-order valence-corrected chi connectivity index (χ4v) is 2.32. The number of hydrogen-bond acceptors (Lipinski definition) is 6. The molecule has 2 aromatic rings. The van der Waals surface area contributed by atoms with E-state index in [1.54, 1.807) is 0 Å². The van der Waals surface area contributed by atoms with Crippen LogP contribution in [0.3, 0.4) is 0 Å². The smallest absolute Gasteiger partial charge is 0.332 e. The van der Waals surface area contributed by atoms with Crippen molar-refractivity contribution in [2.24, 2.45) is 0 Å². The van der Waals surface area contributed by atoms with E-state index in [1.165, 1.54) is 25.1 Å². The number of aliphatic hydroxyl groups excluding tert-OH is 2. The lowest BCUT2D eigenvalue weighted by Crippen LogP contribution is -2.27. The van der Waals surface area contributed by atoms with Gasteiger partial charge in [0.25, 0.3) is 5.43 Å². The van der Waals surface area contributed by atoms with Crippen LogP contribution in [0.4, 0.5) is 5.69 Å². The second-order valence-corrected chi connectivity index (χ2v) is 5.35. The van der Waals surface area contributed by atoms with Gasteiger partial charge in [0.15, 0.2) is 0 Å². The summed E-state index contributed by atoms with van der Waals surface area (Å²) >= 11 is 0. The summed E-state index contributed by atoms with van der Waals surface area (Å²) in [5.74, 6) is -0.249. The summed E-state index contributed by atoms with van der Waals surface area (Å²) in [6, 6.07) is 4.32. The number of amides is 1. The standard InChI is InChI=1S/C15H17N3O6/c1-8(19)16-5-4-13(20)14(21)9-2-3-11-10(6-9)15(22)12(7-17-11)18(23)24/h2-3,6-7,13-14,20-21H,4-5H2,1H3,(H,16,19)(H,17,22). The summed E-state index contributed by atoms with van der Waals surface area (Å²) in [5, 5.41) is 33.5. The number of benzene rings is 1. The molecule has 0 spiro atoms. The number of aromatic amines is 1. The first kappa shape index (κ1) is 17.6. The Kier molecular flexibility index (Phi) is 5.27. The van der Waals surface area contributed by atoms with Gasteiger partial charge in [0.05, 0.1) is 22.6 Å². The molecule has 1 aromatic heterocycles. The van der Waals surface area contributed by atoms with Gasteiger partial charge in [-0.05, 0) is 24.1 Å². The Hall–Kier alpha value is -2.78. The number of aliphatic hydroxyl groups is 2. The van der Waals surface area contributed by atoms with E-state index in [1.807, 2.05) is 0 Å². The molecule has 0 fully saturated rings. The Bertz CT molecular complexity index is 832. The zero-order valence-corrected chi connectivity index (χ0v) is 12.9. The van der Waals surface area contributed by atoms with E-state index in [2.05, 4.69) is 10.3 Å². The zero-order chi connectivity index (χ0) is 17.9.